The first-order valence-corrected chi connectivity index (χ1v) is 16.4. The minimum Gasteiger partial charge on any atom is -0.507 e. The van der Waals surface area contributed by atoms with Crippen molar-refractivity contribution in [2.75, 3.05) is 54.5 Å². The van der Waals surface area contributed by atoms with Crippen LogP contribution < -0.4 is 25.4 Å². The van der Waals surface area contributed by atoms with E-state index in [4.69, 9.17) is 32.7 Å². The van der Waals surface area contributed by atoms with E-state index in [1.165, 1.54) is 0 Å². The molecule has 0 fully saturated rings. The maximum atomic E-state index is 11.3. The molecule has 0 bridgehead atoms. The molecule has 3 rings (SSSR count). The van der Waals surface area contributed by atoms with E-state index in [2.05, 4.69) is 51.3 Å². The summed E-state index contributed by atoms with van der Waals surface area (Å²) in [6.45, 7) is 15.5. The Kier molecular flexibility index (Phi) is 11.6. The normalized spacial score (nSPS) is 12.5. The van der Waals surface area contributed by atoms with Gasteiger partial charge in [-0.05, 0) is 77.3 Å². The highest BCUT2D eigenvalue weighted by Gasteiger charge is 2.33. The lowest BCUT2D eigenvalue weighted by Crippen LogP contribution is -2.30. The number of para-hydroxylation sites is 1. The van der Waals surface area contributed by atoms with E-state index in [9.17, 15) is 5.11 Å². The number of ether oxygens (including phenoxy) is 2. The summed E-state index contributed by atoms with van der Waals surface area (Å²) < 4.78 is 13.3. The Morgan fingerprint density at radius 2 is 1.07 bits per heavy atom. The van der Waals surface area contributed by atoms with Gasteiger partial charge in [-0.2, -0.15) is 0 Å². The Bertz CT molecular complexity index is 1280. The van der Waals surface area contributed by atoms with Gasteiger partial charge in [0.1, 0.15) is 30.5 Å². The average Bonchev–Trinajstić information content (AvgIpc) is 2.85. The van der Waals surface area contributed by atoms with Gasteiger partial charge in [0, 0.05) is 50.2 Å². The van der Waals surface area contributed by atoms with E-state index in [1.54, 1.807) is 6.07 Å². The number of phenols is 1. The van der Waals surface area contributed by atoms with Gasteiger partial charge in [0.25, 0.3) is 0 Å². The minimum atomic E-state index is -1.43. The highest BCUT2D eigenvalue weighted by atomic mass is 35.5. The molecule has 230 valence electrons. The van der Waals surface area contributed by atoms with Gasteiger partial charge >= 0.3 is 0 Å². The molecule has 0 aromatic heterocycles. The summed E-state index contributed by atoms with van der Waals surface area (Å²) in [5, 5.41) is 15.2. The highest BCUT2D eigenvalue weighted by Crippen LogP contribution is 2.48. The minimum absolute atomic E-state index is 0.205. The molecule has 8 heteroatoms. The van der Waals surface area contributed by atoms with Crippen LogP contribution in [0.5, 0.6) is 17.2 Å². The maximum Gasteiger partial charge on any atom is 0.131 e. The highest BCUT2D eigenvalue weighted by molar-refractivity contribution is 7.80. The molecular formula is C34H47Cl2N2O3P. The van der Waals surface area contributed by atoms with Gasteiger partial charge in [-0.25, -0.2) is 0 Å². The molecule has 0 saturated carbocycles. The van der Waals surface area contributed by atoms with Crippen molar-refractivity contribution in [2.45, 2.75) is 52.4 Å². The molecule has 0 aliphatic carbocycles. The van der Waals surface area contributed by atoms with Gasteiger partial charge in [0.05, 0.1) is 0 Å². The van der Waals surface area contributed by atoms with E-state index in [1.807, 2.05) is 70.7 Å². The van der Waals surface area contributed by atoms with E-state index < -0.39 is 7.92 Å². The smallest absolute Gasteiger partial charge is 0.131 e. The zero-order chi connectivity index (χ0) is 31.4. The summed E-state index contributed by atoms with van der Waals surface area (Å²) in [4.78, 5) is 4.20. The number of rotatable bonds is 11. The van der Waals surface area contributed by atoms with Crippen LogP contribution in [-0.4, -0.2) is 69.4 Å². The van der Waals surface area contributed by atoms with Crippen LogP contribution in [0.15, 0.2) is 48.5 Å². The molecular weight excluding hydrogens is 586 g/mol. The number of phenolic OH excluding ortho intramolecular Hbond substituents is 1. The van der Waals surface area contributed by atoms with Gasteiger partial charge in [0.15, 0.2) is 0 Å². The van der Waals surface area contributed by atoms with Gasteiger partial charge in [0.2, 0.25) is 0 Å². The standard InChI is InChI=1S/C34H47Cl2N2O3P/c1-33(2,3)25-19-23(35)21-29(31(25)40-17-15-37(7)8)42(28-14-12-11-13-27(28)39)30-22-24(36)20-26(34(4,5)6)32(30)41-18-16-38(9)10/h11-14,19-22,39H,15-18H2,1-10H3. The second kappa shape index (κ2) is 14.2. The Morgan fingerprint density at radius 3 is 1.43 bits per heavy atom. The monoisotopic (exact) mass is 632 g/mol. The predicted octanol–water partition coefficient (Wildman–Crippen LogP) is 6.93. The third-order valence-electron chi connectivity index (χ3n) is 6.86. The molecule has 0 atom stereocenters. The number of benzene rings is 3. The lowest BCUT2D eigenvalue weighted by atomic mass is 9.86. The van der Waals surface area contributed by atoms with E-state index in [0.29, 0.717) is 23.3 Å². The van der Waals surface area contributed by atoms with Crippen LogP contribution in [0.2, 0.25) is 10.0 Å². The second-order valence-corrected chi connectivity index (χ2v) is 16.2. The van der Waals surface area contributed by atoms with Gasteiger partial charge in [-0.1, -0.05) is 82.9 Å². The quantitative estimate of drug-likeness (QED) is 0.232. The molecule has 0 aliphatic heterocycles. The molecule has 0 unspecified atom stereocenters. The van der Waals surface area contributed by atoms with Crippen LogP contribution in [-0.2, 0) is 10.8 Å². The van der Waals surface area contributed by atoms with Crippen molar-refractivity contribution in [3.8, 4) is 17.2 Å². The molecule has 0 aliphatic rings. The third-order valence-corrected chi connectivity index (χ3v) is 9.78. The number of aromatic hydroxyl groups is 1. The van der Waals surface area contributed by atoms with Gasteiger partial charge in [-0.15, -0.1) is 0 Å². The van der Waals surface area contributed by atoms with Gasteiger partial charge < -0.3 is 24.4 Å². The first-order chi connectivity index (χ1) is 19.5. The van der Waals surface area contributed by atoms with Crippen molar-refractivity contribution < 1.29 is 14.6 Å². The van der Waals surface area contributed by atoms with Crippen molar-refractivity contribution in [3.05, 3.63) is 69.7 Å². The van der Waals surface area contributed by atoms with Crippen LogP contribution in [0.1, 0.15) is 52.7 Å². The van der Waals surface area contributed by atoms with E-state index >= 15 is 0 Å². The van der Waals surface area contributed by atoms with Crippen molar-refractivity contribution in [1.29, 1.82) is 0 Å². The summed E-state index contributed by atoms with van der Waals surface area (Å²) in [5.41, 5.74) is 1.53. The van der Waals surface area contributed by atoms with Crippen molar-refractivity contribution in [3.63, 3.8) is 0 Å². The molecule has 5 nitrogen and oxygen atoms in total. The van der Waals surface area contributed by atoms with E-state index in [0.717, 1.165) is 51.6 Å². The molecule has 0 heterocycles. The summed E-state index contributed by atoms with van der Waals surface area (Å²) in [5.74, 6) is 1.79. The summed E-state index contributed by atoms with van der Waals surface area (Å²) in [6.07, 6.45) is 0. The molecule has 0 radical (unpaired) electrons. The first-order valence-electron chi connectivity index (χ1n) is 14.3. The lowest BCUT2D eigenvalue weighted by Gasteiger charge is -2.32. The van der Waals surface area contributed by atoms with Gasteiger partial charge in [-0.3, -0.25) is 0 Å². The van der Waals surface area contributed by atoms with Crippen molar-refractivity contribution >= 4 is 47.0 Å². The fraction of sp³-hybridized carbons (Fsp3) is 0.471. The molecule has 1 N–H and O–H groups in total. The fourth-order valence-corrected chi connectivity index (χ4v) is 7.83. The Labute approximate surface area is 264 Å². The molecule has 0 amide bonds. The Hall–Kier alpha value is -2.01. The molecule has 42 heavy (non-hydrogen) atoms. The summed E-state index contributed by atoms with van der Waals surface area (Å²) in [7, 11) is 6.70. The maximum absolute atomic E-state index is 11.3. The second-order valence-electron chi connectivity index (χ2n) is 13.2. The predicted molar refractivity (Wildman–Crippen MR) is 182 cm³/mol. The van der Waals surface area contributed by atoms with E-state index in [-0.39, 0.29) is 16.6 Å². The zero-order valence-electron chi connectivity index (χ0n) is 26.8. The van der Waals surface area contributed by atoms with Crippen LogP contribution in [0.3, 0.4) is 0 Å². The zero-order valence-corrected chi connectivity index (χ0v) is 29.2. The summed E-state index contributed by atoms with van der Waals surface area (Å²) >= 11 is 13.8. The number of halogens is 2. The number of likely N-dealkylation sites (N-methyl/N-ethyl adjacent to an activating group) is 2. The lowest BCUT2D eigenvalue weighted by molar-refractivity contribution is 0.258. The number of hydrogen-bond donors (Lipinski definition) is 1. The Balaban J connectivity index is 2.46. The average molecular weight is 634 g/mol. The van der Waals surface area contributed by atoms with Crippen LogP contribution in [0.25, 0.3) is 0 Å². The summed E-state index contributed by atoms with van der Waals surface area (Å²) in [6, 6.07) is 15.5. The van der Waals surface area contributed by atoms with Crippen LogP contribution in [0.4, 0.5) is 0 Å². The number of hydrogen-bond acceptors (Lipinski definition) is 5. The van der Waals surface area contributed by atoms with Crippen LogP contribution >= 0.6 is 31.1 Å². The van der Waals surface area contributed by atoms with Crippen molar-refractivity contribution in [1.82, 2.24) is 9.80 Å². The molecule has 0 spiro atoms. The molecule has 0 saturated heterocycles. The largest absolute Gasteiger partial charge is 0.507 e. The number of nitrogens with zero attached hydrogens (tertiary/aromatic N) is 2. The molecule has 3 aromatic carbocycles. The fourth-order valence-electron chi connectivity index (χ4n) is 4.61. The topological polar surface area (TPSA) is 45.2 Å². The Morgan fingerprint density at radius 1 is 0.667 bits per heavy atom. The van der Waals surface area contributed by atoms with Crippen LogP contribution in [0, 0.1) is 0 Å². The first kappa shape index (κ1) is 34.5. The SMILES string of the molecule is CN(C)CCOc1c(P(c2ccccc2O)c2cc(Cl)cc(C(C)(C)C)c2OCCN(C)C)cc(Cl)cc1C(C)(C)C. The third kappa shape index (κ3) is 8.77. The molecule has 3 aromatic rings. The van der Waals surface area contributed by atoms with Crippen molar-refractivity contribution in [2.24, 2.45) is 0 Å².